The Morgan fingerprint density at radius 2 is 1.46 bits per heavy atom. The first kappa shape index (κ1) is 42.9. The number of carbonyl (C=O) groups excluding carboxylic acids is 2. The minimum Gasteiger partial charge on any atom is -0.483 e. The third-order valence-electron chi connectivity index (χ3n) is 14.8. The highest BCUT2D eigenvalue weighted by atomic mass is 16.6. The number of hydrogen-bond acceptors (Lipinski definition) is 7. The molecule has 3 aliphatic heterocycles. The Labute approximate surface area is 372 Å². The van der Waals surface area contributed by atoms with Crippen LogP contribution in [0.5, 0.6) is 5.75 Å². The highest BCUT2D eigenvalue weighted by Crippen LogP contribution is 2.53. The summed E-state index contributed by atoms with van der Waals surface area (Å²) in [6, 6.07) is 31.9. The average molecular weight is 847 g/mol. The molecule has 1 aromatic heterocycles. The standard InChI is InChI=1S/C56H62O7/c1-35(2)43-26-25-36-19-21-39(22-20-36)33-41(24-23-38-15-12-16-40(32-38)31-37-13-8-6-9-14-37)34-47(57)60-51-48-46(63-56(5,52(51)62-53(43)58)42-17-10-7-11-18-42)28-27-45-44-29-30-55(3,4)49(44)54(59)61-50(45)48/h6,8-9,12-16,19-22,27-28,32,41-42,51-52H,7,10-11,17-18,23-26,29-31,33-34H2,1-5H3/t41-,51+,52+,56+/m1/s1. The van der Waals surface area contributed by atoms with Gasteiger partial charge in [0.1, 0.15) is 16.9 Å². The Balaban J connectivity index is 1.13. The van der Waals surface area contributed by atoms with Crippen LogP contribution in [0.25, 0.3) is 11.0 Å². The summed E-state index contributed by atoms with van der Waals surface area (Å²) in [4.78, 5) is 43.6. The average Bonchev–Trinajstić information content (AvgIpc) is 3.60. The summed E-state index contributed by atoms with van der Waals surface area (Å²) in [6.07, 6.45) is 8.96. The van der Waals surface area contributed by atoms with E-state index in [4.69, 9.17) is 18.6 Å². The topological polar surface area (TPSA) is 92.0 Å². The minimum absolute atomic E-state index is 0.0334. The number of carbonyl (C=O) groups is 2. The van der Waals surface area contributed by atoms with E-state index in [2.05, 4.69) is 86.6 Å². The molecule has 5 aliphatic rings. The number of ether oxygens (including phenoxy) is 3. The molecule has 0 radical (unpaired) electrons. The third kappa shape index (κ3) is 8.77. The molecule has 1 fully saturated rings. The third-order valence-corrected chi connectivity index (χ3v) is 14.8. The second-order valence-electron chi connectivity index (χ2n) is 19.9. The smallest absolute Gasteiger partial charge is 0.340 e. The van der Waals surface area contributed by atoms with Gasteiger partial charge < -0.3 is 18.6 Å². The predicted octanol–water partition coefficient (Wildman–Crippen LogP) is 12.0. The van der Waals surface area contributed by atoms with Gasteiger partial charge in [0.25, 0.3) is 0 Å². The number of fused-ring (bicyclic) bond motifs is 15. The van der Waals surface area contributed by atoms with Crippen LogP contribution >= 0.6 is 0 Å². The molecule has 4 atom stereocenters. The van der Waals surface area contributed by atoms with E-state index in [0.717, 1.165) is 91.9 Å². The zero-order valence-electron chi connectivity index (χ0n) is 37.7. The molecule has 0 N–H and O–H groups in total. The second-order valence-corrected chi connectivity index (χ2v) is 19.9. The number of esters is 2. The fourth-order valence-electron chi connectivity index (χ4n) is 11.2. The summed E-state index contributed by atoms with van der Waals surface area (Å²) in [5.74, 6) is -0.311. The van der Waals surface area contributed by atoms with Crippen molar-refractivity contribution in [3.8, 4) is 5.75 Å². The van der Waals surface area contributed by atoms with Crippen LogP contribution in [0, 0.1) is 11.8 Å². The van der Waals surface area contributed by atoms with Crippen LogP contribution in [0.4, 0.5) is 0 Å². The molecule has 0 amide bonds. The Morgan fingerprint density at radius 3 is 2.22 bits per heavy atom. The predicted molar refractivity (Wildman–Crippen MR) is 247 cm³/mol. The van der Waals surface area contributed by atoms with E-state index in [-0.39, 0.29) is 35.3 Å². The number of rotatable bonds is 6. The largest absolute Gasteiger partial charge is 0.483 e. The summed E-state index contributed by atoms with van der Waals surface area (Å²) >= 11 is 0. The molecule has 7 nitrogen and oxygen atoms in total. The van der Waals surface area contributed by atoms with Crippen molar-refractivity contribution in [3.63, 3.8) is 0 Å². The van der Waals surface area contributed by atoms with Gasteiger partial charge in [0.15, 0.2) is 12.2 Å². The molecule has 2 bridgehead atoms. The van der Waals surface area contributed by atoms with Crippen molar-refractivity contribution in [2.45, 2.75) is 148 Å². The molecule has 1 saturated carbocycles. The van der Waals surface area contributed by atoms with Gasteiger partial charge in [-0.25, -0.2) is 9.59 Å². The molecule has 0 unspecified atom stereocenters. The number of benzene rings is 4. The van der Waals surface area contributed by atoms with E-state index in [0.29, 0.717) is 47.3 Å². The van der Waals surface area contributed by atoms with E-state index in [1.807, 2.05) is 39.0 Å². The molecule has 0 saturated heterocycles. The summed E-state index contributed by atoms with van der Waals surface area (Å²) in [5, 5.41) is 0.812. The van der Waals surface area contributed by atoms with Crippen molar-refractivity contribution in [2.75, 3.05) is 0 Å². The lowest BCUT2D eigenvalue weighted by Gasteiger charge is -2.50. The van der Waals surface area contributed by atoms with Gasteiger partial charge in [-0.15, -0.1) is 0 Å². The van der Waals surface area contributed by atoms with Crippen molar-refractivity contribution in [2.24, 2.45) is 11.8 Å². The first-order valence-electron chi connectivity index (χ1n) is 23.4. The van der Waals surface area contributed by atoms with Gasteiger partial charge in [0, 0.05) is 28.9 Å². The maximum Gasteiger partial charge on any atom is 0.340 e. The number of allylic oxidation sites excluding steroid dienone is 1. The van der Waals surface area contributed by atoms with Crippen molar-refractivity contribution >= 4 is 22.9 Å². The van der Waals surface area contributed by atoms with Gasteiger partial charge in [-0.2, -0.15) is 0 Å². The zero-order chi connectivity index (χ0) is 43.9. The maximum atomic E-state index is 14.9. The summed E-state index contributed by atoms with van der Waals surface area (Å²) in [7, 11) is 0. The molecular formula is C56H62O7. The highest BCUT2D eigenvalue weighted by molar-refractivity contribution is 5.90. The van der Waals surface area contributed by atoms with Gasteiger partial charge in [-0.3, -0.25) is 4.79 Å². The molecule has 0 spiro atoms. The lowest BCUT2D eigenvalue weighted by atomic mass is 9.71. The minimum atomic E-state index is -1.07. The van der Waals surface area contributed by atoms with Crippen molar-refractivity contribution in [3.05, 3.63) is 157 Å². The quantitative estimate of drug-likeness (QED) is 0.0954. The van der Waals surface area contributed by atoms with Gasteiger partial charge >= 0.3 is 17.6 Å². The highest BCUT2D eigenvalue weighted by Gasteiger charge is 2.56. The Bertz CT molecular complexity index is 2590. The van der Waals surface area contributed by atoms with E-state index in [9.17, 15) is 14.4 Å². The summed E-state index contributed by atoms with van der Waals surface area (Å²) in [6.45, 7) is 10.1. The van der Waals surface area contributed by atoms with Crippen LogP contribution in [0.2, 0.25) is 0 Å². The molecule has 63 heavy (non-hydrogen) atoms. The van der Waals surface area contributed by atoms with E-state index < -0.39 is 23.8 Å². The molecule has 4 aromatic carbocycles. The Kier molecular flexibility index (Phi) is 12.0. The number of aryl methyl sites for hydroxylation is 3. The van der Waals surface area contributed by atoms with Crippen LogP contribution in [-0.4, -0.2) is 23.6 Å². The monoisotopic (exact) mass is 846 g/mol. The van der Waals surface area contributed by atoms with E-state index in [1.165, 1.54) is 16.7 Å². The lowest BCUT2D eigenvalue weighted by molar-refractivity contribution is -0.201. The van der Waals surface area contributed by atoms with Crippen LogP contribution in [0.1, 0.15) is 143 Å². The lowest BCUT2D eigenvalue weighted by Crippen LogP contribution is -2.58. The first-order valence-corrected chi connectivity index (χ1v) is 23.4. The normalized spacial score (nSPS) is 23.9. The Hall–Kier alpha value is -5.43. The molecule has 4 heterocycles. The second kappa shape index (κ2) is 17.6. The van der Waals surface area contributed by atoms with Gasteiger partial charge in [0.2, 0.25) is 0 Å². The van der Waals surface area contributed by atoms with Gasteiger partial charge in [-0.1, -0.05) is 118 Å². The molecule has 10 rings (SSSR count). The number of hydrogen-bond donors (Lipinski definition) is 0. The van der Waals surface area contributed by atoms with Crippen LogP contribution in [0.3, 0.4) is 0 Å². The van der Waals surface area contributed by atoms with E-state index in [1.54, 1.807) is 0 Å². The maximum absolute atomic E-state index is 14.9. The van der Waals surface area contributed by atoms with E-state index >= 15 is 0 Å². The van der Waals surface area contributed by atoms with Crippen LogP contribution in [0.15, 0.2) is 111 Å². The fraction of sp³-hybridized carbons (Fsp3) is 0.446. The summed E-state index contributed by atoms with van der Waals surface area (Å²) < 4.78 is 27.1. The summed E-state index contributed by atoms with van der Waals surface area (Å²) in [5.41, 5.74) is 8.29. The van der Waals surface area contributed by atoms with Gasteiger partial charge in [-0.05, 0) is 142 Å². The van der Waals surface area contributed by atoms with Crippen molar-refractivity contribution in [1.82, 2.24) is 0 Å². The van der Waals surface area contributed by atoms with Crippen LogP contribution in [-0.2, 0) is 56.6 Å². The van der Waals surface area contributed by atoms with Crippen molar-refractivity contribution in [1.29, 1.82) is 0 Å². The molecule has 7 heteroatoms. The first-order chi connectivity index (χ1) is 30.4. The zero-order valence-corrected chi connectivity index (χ0v) is 37.7. The molecule has 328 valence electrons. The molecular weight excluding hydrogens is 785 g/mol. The SMILES string of the molecule is CC(C)=C1CCc2ccc(cc2)C[C@@H](CCc2cccc(Cc3ccccc3)c2)CC(=O)O[C@H]2c3c(ccc4c5c(c(=O)oc34)C(C)(C)CC5)O[C@@](C)(C3CCCCC3)[C@H]2OC1=O. The molecule has 5 aromatic rings. The van der Waals surface area contributed by atoms with Crippen LogP contribution < -0.4 is 10.4 Å². The molecule has 2 aliphatic carbocycles. The van der Waals surface area contributed by atoms with Gasteiger partial charge in [0.05, 0.1) is 5.56 Å². The van der Waals surface area contributed by atoms with Crippen molar-refractivity contribution < 1.29 is 28.2 Å². The Morgan fingerprint density at radius 1 is 0.730 bits per heavy atom. The fourth-order valence-corrected chi connectivity index (χ4v) is 11.2.